The molecule has 6 nitrogen and oxygen atoms in total. The number of fused-ring (bicyclic) bond motifs is 4. The lowest BCUT2D eigenvalue weighted by atomic mass is 9.98. The largest absolute Gasteiger partial charge is 0.493 e. The molecule has 6 aromatic carbocycles. The average molecular weight is 630 g/mol. The number of hydrogen-bond donors (Lipinski definition) is 2. The molecule has 0 aliphatic rings. The molecule has 1 atom stereocenters. The van der Waals surface area contributed by atoms with Crippen LogP contribution in [-0.2, 0) is 0 Å². The highest BCUT2D eigenvalue weighted by Crippen LogP contribution is 2.38. The summed E-state index contributed by atoms with van der Waals surface area (Å²) in [5.74, 6) is 1.62. The van der Waals surface area contributed by atoms with E-state index >= 15 is 0 Å². The van der Waals surface area contributed by atoms with Crippen molar-refractivity contribution in [1.29, 1.82) is 0 Å². The first kappa shape index (κ1) is 28.7. The zero-order chi connectivity index (χ0) is 31.7. The Hall–Kier alpha value is -5.71. The number of imidazole rings is 1. The van der Waals surface area contributed by atoms with E-state index in [1.807, 2.05) is 37.3 Å². The molecular weight excluding hydrogens is 597 g/mol. The number of benzene rings is 6. The Bertz CT molecular complexity index is 2430. The summed E-state index contributed by atoms with van der Waals surface area (Å²) in [7, 11) is 2.58. The maximum absolute atomic E-state index is 6.06. The van der Waals surface area contributed by atoms with Crippen LogP contribution >= 0.6 is 9.39 Å². The second-order valence-electron chi connectivity index (χ2n) is 11.3. The molecule has 8 rings (SSSR count). The van der Waals surface area contributed by atoms with Gasteiger partial charge in [0.25, 0.3) is 0 Å². The highest BCUT2D eigenvalue weighted by Gasteiger charge is 2.21. The fraction of sp³-hybridized carbons (Fsp3) is 0.0500. The number of aromatic nitrogens is 3. The molecule has 228 valence electrons. The minimum Gasteiger partial charge on any atom is -0.493 e. The molecule has 8 aromatic rings. The topological polar surface area (TPSA) is 67.2 Å². The summed E-state index contributed by atoms with van der Waals surface area (Å²) in [6, 6.07) is 47.8. The minimum atomic E-state index is 0.567. The van der Waals surface area contributed by atoms with Crippen LogP contribution in [0.25, 0.3) is 49.9 Å². The molecular formula is C40H32N5OP. The summed E-state index contributed by atoms with van der Waals surface area (Å²) >= 11 is 0. The van der Waals surface area contributed by atoms with Crippen molar-refractivity contribution in [1.82, 2.24) is 14.5 Å². The summed E-state index contributed by atoms with van der Waals surface area (Å²) in [5, 5.41) is 6.12. The lowest BCUT2D eigenvalue weighted by molar-refractivity contribution is 0.341. The second-order valence-corrected chi connectivity index (χ2v) is 11.5. The summed E-state index contributed by atoms with van der Waals surface area (Å²) in [6.45, 7) is 2.57. The molecule has 0 radical (unpaired) electrons. The van der Waals surface area contributed by atoms with E-state index in [1.165, 1.54) is 10.8 Å². The van der Waals surface area contributed by atoms with Gasteiger partial charge in [-0.15, -0.1) is 0 Å². The number of rotatable bonds is 8. The monoisotopic (exact) mass is 629 g/mol. The maximum Gasteiger partial charge on any atom is 0.149 e. The van der Waals surface area contributed by atoms with Crippen molar-refractivity contribution in [2.24, 2.45) is 4.76 Å². The van der Waals surface area contributed by atoms with Crippen LogP contribution in [0.15, 0.2) is 144 Å². The van der Waals surface area contributed by atoms with Gasteiger partial charge in [0, 0.05) is 38.8 Å². The van der Waals surface area contributed by atoms with E-state index in [-0.39, 0.29) is 0 Å². The molecule has 7 heteroatoms. The zero-order valence-electron chi connectivity index (χ0n) is 25.8. The lowest BCUT2D eigenvalue weighted by Gasteiger charge is -2.15. The van der Waals surface area contributed by atoms with Gasteiger partial charge < -0.3 is 15.0 Å². The van der Waals surface area contributed by atoms with Gasteiger partial charge in [0.15, 0.2) is 0 Å². The smallest absolute Gasteiger partial charge is 0.149 e. The highest BCUT2D eigenvalue weighted by atomic mass is 31.0. The standard InChI is InChI=1S/C40H32N5OP/c1-2-46-36-25-11-8-18-30(36)40-43-39-34(23-13-24-35(39)45(40)26-14-4-3-5-15-26)41-33-22-10-7-17-29(33)38(44-47)31-20-12-19-28-27-16-6-9-21-32(27)42-37(28)31/h3-25,41-42H,2,47H2,1H3. The zero-order valence-corrected chi connectivity index (χ0v) is 27.0. The fourth-order valence-electron chi connectivity index (χ4n) is 6.45. The molecule has 0 saturated carbocycles. The summed E-state index contributed by atoms with van der Waals surface area (Å²) in [6.07, 6.45) is 0. The molecule has 2 heterocycles. The van der Waals surface area contributed by atoms with E-state index in [2.05, 4.69) is 133 Å². The van der Waals surface area contributed by atoms with Gasteiger partial charge in [0.1, 0.15) is 17.1 Å². The van der Waals surface area contributed by atoms with Gasteiger partial charge in [-0.3, -0.25) is 9.33 Å². The van der Waals surface area contributed by atoms with E-state index in [0.717, 1.165) is 73.1 Å². The normalized spacial score (nSPS) is 11.8. The predicted molar refractivity (Wildman–Crippen MR) is 199 cm³/mol. The Kier molecular flexibility index (Phi) is 7.48. The molecule has 2 N–H and O–H groups in total. The average Bonchev–Trinajstić information content (AvgIpc) is 3.70. The molecule has 0 saturated heterocycles. The van der Waals surface area contributed by atoms with E-state index in [0.29, 0.717) is 6.61 Å². The van der Waals surface area contributed by atoms with Gasteiger partial charge in [0.05, 0.1) is 34.6 Å². The SMILES string of the molecule is CCOc1ccccc1-c1nc2c(Nc3ccccc3C(=NP)c3cccc4c3[nH]c3ccccc34)cccc2n1-c1ccccc1. The molecule has 2 aromatic heterocycles. The van der Waals surface area contributed by atoms with Gasteiger partial charge in [-0.1, -0.05) is 91.0 Å². The molecule has 0 aliphatic heterocycles. The van der Waals surface area contributed by atoms with E-state index < -0.39 is 0 Å². The summed E-state index contributed by atoms with van der Waals surface area (Å²) in [4.78, 5) is 8.94. The van der Waals surface area contributed by atoms with Crippen molar-refractivity contribution in [3.63, 3.8) is 0 Å². The molecule has 0 aliphatic carbocycles. The number of nitrogens with one attached hydrogen (secondary N) is 2. The highest BCUT2D eigenvalue weighted by molar-refractivity contribution is 7.15. The van der Waals surface area contributed by atoms with Gasteiger partial charge in [0.2, 0.25) is 0 Å². The van der Waals surface area contributed by atoms with Crippen molar-refractivity contribution >= 4 is 59.3 Å². The Labute approximate surface area is 275 Å². The molecule has 0 fully saturated rings. The van der Waals surface area contributed by atoms with Crippen LogP contribution in [0, 0.1) is 0 Å². The van der Waals surface area contributed by atoms with Crippen LogP contribution in [0.3, 0.4) is 0 Å². The Morgan fingerprint density at radius 3 is 2.32 bits per heavy atom. The van der Waals surface area contributed by atoms with Crippen LogP contribution in [0.1, 0.15) is 18.1 Å². The van der Waals surface area contributed by atoms with Crippen LogP contribution in [0.5, 0.6) is 5.75 Å². The summed E-state index contributed by atoms with van der Waals surface area (Å²) in [5.41, 5.74) is 10.7. The molecule has 47 heavy (non-hydrogen) atoms. The van der Waals surface area contributed by atoms with Crippen LogP contribution in [0.4, 0.5) is 11.4 Å². The molecule has 0 bridgehead atoms. The van der Waals surface area contributed by atoms with Gasteiger partial charge in [-0.2, -0.15) is 0 Å². The van der Waals surface area contributed by atoms with Crippen LogP contribution in [0.2, 0.25) is 0 Å². The van der Waals surface area contributed by atoms with Crippen molar-refractivity contribution in [3.05, 3.63) is 151 Å². The molecule has 1 unspecified atom stereocenters. The van der Waals surface area contributed by atoms with E-state index in [4.69, 9.17) is 14.5 Å². The summed E-state index contributed by atoms with van der Waals surface area (Å²) < 4.78 is 13.0. The van der Waals surface area contributed by atoms with Crippen LogP contribution in [-0.4, -0.2) is 26.9 Å². The van der Waals surface area contributed by atoms with E-state index in [9.17, 15) is 0 Å². The van der Waals surface area contributed by atoms with Crippen molar-refractivity contribution in [2.45, 2.75) is 6.92 Å². The minimum absolute atomic E-state index is 0.567. The number of hydrogen-bond acceptors (Lipinski definition) is 4. The number of anilines is 2. The number of nitrogens with zero attached hydrogens (tertiary/aromatic N) is 3. The van der Waals surface area contributed by atoms with Gasteiger partial charge in [-0.25, -0.2) is 4.98 Å². The third-order valence-electron chi connectivity index (χ3n) is 8.50. The Balaban J connectivity index is 1.28. The lowest BCUT2D eigenvalue weighted by Crippen LogP contribution is -2.07. The number of para-hydroxylation sites is 6. The number of aromatic amines is 1. The van der Waals surface area contributed by atoms with Gasteiger partial charge >= 0.3 is 0 Å². The van der Waals surface area contributed by atoms with Crippen molar-refractivity contribution < 1.29 is 4.74 Å². The first-order valence-corrected chi connectivity index (χ1v) is 16.2. The second kappa shape index (κ2) is 12.2. The first-order valence-electron chi connectivity index (χ1n) is 15.7. The van der Waals surface area contributed by atoms with Crippen LogP contribution < -0.4 is 10.1 Å². The molecule has 0 amide bonds. The van der Waals surface area contributed by atoms with Crippen molar-refractivity contribution in [2.75, 3.05) is 11.9 Å². The number of ether oxygens (including phenoxy) is 1. The maximum atomic E-state index is 6.06. The third-order valence-corrected chi connectivity index (χ3v) is 8.76. The van der Waals surface area contributed by atoms with E-state index in [1.54, 1.807) is 0 Å². The van der Waals surface area contributed by atoms with Crippen molar-refractivity contribution in [3.8, 4) is 22.8 Å². The Morgan fingerprint density at radius 1 is 0.745 bits per heavy atom. The predicted octanol–water partition coefficient (Wildman–Crippen LogP) is 10.1. The number of H-pyrrole nitrogens is 1. The van der Waals surface area contributed by atoms with Gasteiger partial charge in [-0.05, 0) is 64.8 Å². The molecule has 0 spiro atoms. The third kappa shape index (κ3) is 5.04. The first-order chi connectivity index (χ1) is 23.2. The quantitative estimate of drug-likeness (QED) is 0.130. The Morgan fingerprint density at radius 2 is 1.45 bits per heavy atom. The fourth-order valence-corrected chi connectivity index (χ4v) is 6.73.